The first-order chi connectivity index (χ1) is 12.1. The predicted octanol–water partition coefficient (Wildman–Crippen LogP) is 2.11. The molecular formula is C19H25N3O3. The maximum atomic E-state index is 13.0. The van der Waals surface area contributed by atoms with Gasteiger partial charge in [-0.3, -0.25) is 9.59 Å². The van der Waals surface area contributed by atoms with Crippen LogP contribution >= 0.6 is 0 Å². The molecule has 2 amide bonds. The first-order valence-electron chi connectivity index (χ1n) is 9.18. The summed E-state index contributed by atoms with van der Waals surface area (Å²) in [5.74, 6) is 0.501. The molecule has 4 rings (SSSR count). The summed E-state index contributed by atoms with van der Waals surface area (Å²) in [5.41, 5.74) is 2.33. The Morgan fingerprint density at radius 1 is 1.28 bits per heavy atom. The Morgan fingerprint density at radius 3 is 3.04 bits per heavy atom. The molecule has 0 spiro atoms. The highest BCUT2D eigenvalue weighted by Crippen LogP contribution is 2.32. The zero-order valence-electron chi connectivity index (χ0n) is 14.7. The van der Waals surface area contributed by atoms with Gasteiger partial charge in [-0.05, 0) is 37.5 Å². The van der Waals surface area contributed by atoms with Crippen molar-refractivity contribution in [1.82, 2.24) is 4.90 Å². The molecule has 2 saturated heterocycles. The van der Waals surface area contributed by atoms with Crippen molar-refractivity contribution >= 4 is 23.2 Å². The van der Waals surface area contributed by atoms with Crippen molar-refractivity contribution in [2.24, 2.45) is 5.92 Å². The number of rotatable bonds is 1. The summed E-state index contributed by atoms with van der Waals surface area (Å²) < 4.78 is 5.84. The number of piperidine rings is 1. The van der Waals surface area contributed by atoms with Crippen LogP contribution in [0.15, 0.2) is 18.2 Å². The van der Waals surface area contributed by atoms with Gasteiger partial charge in [0.15, 0.2) is 0 Å². The average molecular weight is 343 g/mol. The first-order valence-corrected chi connectivity index (χ1v) is 9.18. The lowest BCUT2D eigenvalue weighted by Gasteiger charge is -2.41. The Balaban J connectivity index is 1.53. The molecule has 3 heterocycles. The number of hydrogen-bond acceptors (Lipinski definition) is 4. The molecule has 2 fully saturated rings. The summed E-state index contributed by atoms with van der Waals surface area (Å²) in [7, 11) is 1.97. The van der Waals surface area contributed by atoms with Crippen LogP contribution in [-0.4, -0.2) is 56.1 Å². The molecule has 134 valence electrons. The van der Waals surface area contributed by atoms with Crippen LogP contribution in [0.4, 0.5) is 11.4 Å². The van der Waals surface area contributed by atoms with Crippen LogP contribution in [0.2, 0.25) is 0 Å². The molecule has 6 heteroatoms. The van der Waals surface area contributed by atoms with Gasteiger partial charge in [-0.2, -0.15) is 0 Å². The van der Waals surface area contributed by atoms with Crippen molar-refractivity contribution in [2.75, 3.05) is 43.5 Å². The summed E-state index contributed by atoms with van der Waals surface area (Å²) in [6, 6.07) is 5.63. The predicted molar refractivity (Wildman–Crippen MR) is 95.9 cm³/mol. The highest BCUT2D eigenvalue weighted by Gasteiger charge is 2.34. The Kier molecular flexibility index (Phi) is 4.37. The van der Waals surface area contributed by atoms with Gasteiger partial charge in [-0.1, -0.05) is 0 Å². The minimum absolute atomic E-state index is 0.00429. The van der Waals surface area contributed by atoms with Gasteiger partial charge in [-0.15, -0.1) is 0 Å². The number of hydrogen-bond donors (Lipinski definition) is 1. The zero-order valence-corrected chi connectivity index (χ0v) is 14.7. The molecular weight excluding hydrogens is 318 g/mol. The standard InChI is InChI=1S/C19H25N3O3/c1-21-8-7-18(23)20-15-11-13(4-5-16(15)21)19(24)22-9-6-17-14(12-22)3-2-10-25-17/h4-5,11,14,17H,2-3,6-10,12H2,1H3,(H,20,23)/t14-,17-/m0/s1. The quantitative estimate of drug-likeness (QED) is 0.848. The molecule has 25 heavy (non-hydrogen) atoms. The molecule has 0 bridgehead atoms. The third kappa shape index (κ3) is 3.23. The molecule has 0 aliphatic carbocycles. The monoisotopic (exact) mass is 343 g/mol. The fourth-order valence-corrected chi connectivity index (χ4v) is 4.16. The lowest BCUT2D eigenvalue weighted by atomic mass is 9.88. The van der Waals surface area contributed by atoms with Gasteiger partial charge in [0.1, 0.15) is 0 Å². The normalized spacial score (nSPS) is 26.4. The molecule has 1 aromatic carbocycles. The molecule has 1 N–H and O–H groups in total. The zero-order chi connectivity index (χ0) is 17.4. The number of nitrogens with zero attached hydrogens (tertiary/aromatic N) is 2. The average Bonchev–Trinajstić information content (AvgIpc) is 2.78. The number of nitrogens with one attached hydrogen (secondary N) is 1. The van der Waals surface area contributed by atoms with E-state index in [1.807, 2.05) is 35.0 Å². The van der Waals surface area contributed by atoms with E-state index >= 15 is 0 Å². The summed E-state index contributed by atoms with van der Waals surface area (Å²) in [6.45, 7) is 3.05. The summed E-state index contributed by atoms with van der Waals surface area (Å²) in [6.07, 6.45) is 3.92. The second kappa shape index (κ2) is 6.67. The van der Waals surface area contributed by atoms with Gasteiger partial charge in [0.2, 0.25) is 5.91 Å². The van der Waals surface area contributed by atoms with Gasteiger partial charge < -0.3 is 19.9 Å². The first kappa shape index (κ1) is 16.4. The molecule has 0 unspecified atom stereocenters. The van der Waals surface area contributed by atoms with E-state index in [-0.39, 0.29) is 11.8 Å². The number of ether oxygens (including phenoxy) is 1. The van der Waals surface area contributed by atoms with Crippen molar-refractivity contribution in [1.29, 1.82) is 0 Å². The van der Waals surface area contributed by atoms with E-state index in [9.17, 15) is 9.59 Å². The number of fused-ring (bicyclic) bond motifs is 2. The molecule has 3 aliphatic rings. The molecule has 1 aromatic rings. The molecule has 0 aromatic heterocycles. The summed E-state index contributed by atoms with van der Waals surface area (Å²) in [4.78, 5) is 28.8. The van der Waals surface area contributed by atoms with Crippen LogP contribution in [0.1, 0.15) is 36.0 Å². The van der Waals surface area contributed by atoms with Crippen LogP contribution in [0.5, 0.6) is 0 Å². The van der Waals surface area contributed by atoms with Gasteiger partial charge in [0, 0.05) is 51.2 Å². The Hall–Kier alpha value is -2.08. The van der Waals surface area contributed by atoms with Crippen molar-refractivity contribution in [3.8, 4) is 0 Å². The Morgan fingerprint density at radius 2 is 2.16 bits per heavy atom. The number of benzene rings is 1. The van der Waals surface area contributed by atoms with E-state index in [1.54, 1.807) is 0 Å². The summed E-state index contributed by atoms with van der Waals surface area (Å²) in [5, 5.41) is 2.92. The maximum Gasteiger partial charge on any atom is 0.253 e. The second-order valence-electron chi connectivity index (χ2n) is 7.30. The fraction of sp³-hybridized carbons (Fsp3) is 0.579. The molecule has 3 aliphatic heterocycles. The van der Waals surface area contributed by atoms with E-state index in [1.165, 1.54) is 0 Å². The Bertz CT molecular complexity index is 690. The highest BCUT2D eigenvalue weighted by molar-refractivity contribution is 6.01. The third-order valence-corrected chi connectivity index (χ3v) is 5.61. The van der Waals surface area contributed by atoms with Crippen molar-refractivity contribution < 1.29 is 14.3 Å². The van der Waals surface area contributed by atoms with E-state index in [4.69, 9.17) is 4.74 Å². The van der Waals surface area contributed by atoms with E-state index < -0.39 is 0 Å². The van der Waals surface area contributed by atoms with Gasteiger partial charge in [0.25, 0.3) is 5.91 Å². The number of carbonyl (C=O) groups excluding carboxylic acids is 2. The Labute approximate surface area is 148 Å². The fourth-order valence-electron chi connectivity index (χ4n) is 4.16. The largest absolute Gasteiger partial charge is 0.378 e. The number of carbonyl (C=O) groups is 2. The van der Waals surface area contributed by atoms with E-state index in [2.05, 4.69) is 5.32 Å². The van der Waals surface area contributed by atoms with Gasteiger partial charge in [-0.25, -0.2) is 0 Å². The van der Waals surface area contributed by atoms with Gasteiger partial charge in [0.05, 0.1) is 17.5 Å². The number of anilines is 2. The maximum absolute atomic E-state index is 13.0. The molecule has 2 atom stereocenters. The van der Waals surface area contributed by atoms with Crippen LogP contribution in [-0.2, 0) is 9.53 Å². The second-order valence-corrected chi connectivity index (χ2v) is 7.30. The van der Waals surface area contributed by atoms with Gasteiger partial charge >= 0.3 is 0 Å². The van der Waals surface area contributed by atoms with E-state index in [0.29, 0.717) is 30.6 Å². The van der Waals surface area contributed by atoms with Crippen LogP contribution in [0.25, 0.3) is 0 Å². The minimum atomic E-state index is -0.00429. The number of likely N-dealkylation sites (tertiary alicyclic amines) is 1. The topological polar surface area (TPSA) is 61.9 Å². The molecule has 6 nitrogen and oxygen atoms in total. The van der Waals surface area contributed by atoms with Crippen molar-refractivity contribution in [3.63, 3.8) is 0 Å². The number of amides is 2. The van der Waals surface area contributed by atoms with Crippen LogP contribution < -0.4 is 10.2 Å². The van der Waals surface area contributed by atoms with Crippen molar-refractivity contribution in [3.05, 3.63) is 23.8 Å². The van der Waals surface area contributed by atoms with Crippen LogP contribution in [0, 0.1) is 5.92 Å². The van der Waals surface area contributed by atoms with E-state index in [0.717, 1.165) is 50.3 Å². The third-order valence-electron chi connectivity index (χ3n) is 5.61. The van der Waals surface area contributed by atoms with Crippen LogP contribution in [0.3, 0.4) is 0 Å². The highest BCUT2D eigenvalue weighted by atomic mass is 16.5. The molecule has 0 radical (unpaired) electrons. The smallest absolute Gasteiger partial charge is 0.253 e. The molecule has 0 saturated carbocycles. The lowest BCUT2D eigenvalue weighted by molar-refractivity contribution is -0.115. The SMILES string of the molecule is CN1CCC(=O)Nc2cc(C(=O)N3CC[C@@H]4OCCC[C@H]4C3)ccc21. The minimum Gasteiger partial charge on any atom is -0.378 e. The lowest BCUT2D eigenvalue weighted by Crippen LogP contribution is -2.48. The van der Waals surface area contributed by atoms with Crippen molar-refractivity contribution in [2.45, 2.75) is 31.8 Å². The summed E-state index contributed by atoms with van der Waals surface area (Å²) >= 11 is 0.